The molecule has 0 aromatic heterocycles. The van der Waals surface area contributed by atoms with Crippen LogP contribution in [0.4, 0.5) is 0 Å². The third-order valence-electron chi connectivity index (χ3n) is 2.16. The van der Waals surface area contributed by atoms with Crippen LogP contribution in [0.25, 0.3) is 0 Å². The zero-order valence-corrected chi connectivity index (χ0v) is 13.9. The van der Waals surface area contributed by atoms with Crippen LogP contribution in [0.3, 0.4) is 0 Å². The summed E-state index contributed by atoms with van der Waals surface area (Å²) in [5.41, 5.74) is -1.08. The Morgan fingerprint density at radius 2 is 1.76 bits per heavy atom. The van der Waals surface area contributed by atoms with E-state index in [2.05, 4.69) is 19.6 Å². The predicted molar refractivity (Wildman–Crippen MR) is 73.8 cm³/mol. The van der Waals surface area contributed by atoms with Crippen LogP contribution in [0.15, 0.2) is 0 Å². The van der Waals surface area contributed by atoms with Crippen molar-refractivity contribution in [2.75, 3.05) is 6.61 Å². The first-order valence-corrected chi connectivity index (χ1v) is 12.3. The Kier molecular flexibility index (Phi) is 6.23. The molecule has 0 saturated carbocycles. The molecule has 0 spiro atoms. The quantitative estimate of drug-likeness (QED) is 0.547. The minimum atomic E-state index is -2.38. The van der Waals surface area contributed by atoms with Crippen molar-refractivity contribution in [3.63, 3.8) is 0 Å². The van der Waals surface area contributed by atoms with Crippen LogP contribution in [-0.2, 0) is 13.3 Å². The number of aliphatic hydroxyl groups excluding tert-OH is 1. The Hall–Kier alpha value is -0.0162. The van der Waals surface area contributed by atoms with E-state index < -0.39 is 22.5 Å². The van der Waals surface area contributed by atoms with Gasteiger partial charge >= 0.3 is 8.56 Å². The lowest BCUT2D eigenvalue weighted by Crippen LogP contribution is -2.53. The SMILES string of the molecule is CCCC(C=O)(CO)O[Si](C)(C)O[Si](C)(C)C. The van der Waals surface area contributed by atoms with Crippen LogP contribution in [0.5, 0.6) is 0 Å². The van der Waals surface area contributed by atoms with E-state index in [-0.39, 0.29) is 6.61 Å². The first-order chi connectivity index (χ1) is 7.60. The third-order valence-corrected chi connectivity index (χ3v) is 7.47. The second kappa shape index (κ2) is 6.24. The van der Waals surface area contributed by atoms with Crippen molar-refractivity contribution in [2.24, 2.45) is 0 Å². The second-order valence-electron chi connectivity index (χ2n) is 5.81. The van der Waals surface area contributed by atoms with Gasteiger partial charge in [-0.1, -0.05) is 13.3 Å². The lowest BCUT2D eigenvalue weighted by Gasteiger charge is -2.38. The van der Waals surface area contributed by atoms with Gasteiger partial charge in [-0.2, -0.15) is 0 Å². The first kappa shape index (κ1) is 17.0. The molecule has 4 nitrogen and oxygen atoms in total. The minimum Gasteiger partial charge on any atom is -0.436 e. The highest BCUT2D eigenvalue weighted by molar-refractivity contribution is 6.81. The summed E-state index contributed by atoms with van der Waals surface area (Å²) in [7, 11) is -4.08. The van der Waals surface area contributed by atoms with Crippen molar-refractivity contribution in [3.05, 3.63) is 0 Å². The van der Waals surface area contributed by atoms with Crippen LogP contribution in [0.1, 0.15) is 19.8 Å². The normalized spacial score (nSPS) is 16.6. The van der Waals surface area contributed by atoms with E-state index in [1.54, 1.807) is 0 Å². The maximum Gasteiger partial charge on any atom is 0.322 e. The van der Waals surface area contributed by atoms with Gasteiger partial charge in [0.05, 0.1) is 6.61 Å². The highest BCUT2D eigenvalue weighted by atomic mass is 28.4. The zero-order chi connectivity index (χ0) is 13.7. The minimum absolute atomic E-state index is 0.282. The molecule has 1 N–H and O–H groups in total. The highest BCUT2D eigenvalue weighted by Crippen LogP contribution is 2.24. The fraction of sp³-hybridized carbons (Fsp3) is 0.909. The predicted octanol–water partition coefficient (Wildman–Crippen LogP) is 2.29. The van der Waals surface area contributed by atoms with Gasteiger partial charge in [0, 0.05) is 0 Å². The zero-order valence-electron chi connectivity index (χ0n) is 11.9. The highest BCUT2D eigenvalue weighted by Gasteiger charge is 2.41. The van der Waals surface area contributed by atoms with Crippen molar-refractivity contribution in [1.29, 1.82) is 0 Å². The Morgan fingerprint density at radius 1 is 1.24 bits per heavy atom. The number of carbonyl (C=O) groups is 1. The molecule has 0 heterocycles. The van der Waals surface area contributed by atoms with Gasteiger partial charge in [-0.3, -0.25) is 0 Å². The lowest BCUT2D eigenvalue weighted by molar-refractivity contribution is -0.127. The summed E-state index contributed by atoms with van der Waals surface area (Å²) in [5.74, 6) is 0. The molecule has 0 amide bonds. The summed E-state index contributed by atoms with van der Waals surface area (Å²) in [5, 5.41) is 9.39. The van der Waals surface area contributed by atoms with Crippen LogP contribution in [0.2, 0.25) is 32.7 Å². The number of hydrogen-bond acceptors (Lipinski definition) is 4. The van der Waals surface area contributed by atoms with Gasteiger partial charge in [-0.05, 0) is 39.2 Å². The molecule has 0 saturated heterocycles. The molecule has 0 aromatic carbocycles. The van der Waals surface area contributed by atoms with E-state index in [0.29, 0.717) is 6.42 Å². The molecule has 0 radical (unpaired) electrons. The smallest absolute Gasteiger partial charge is 0.322 e. The summed E-state index contributed by atoms with van der Waals surface area (Å²) in [6.45, 7) is 11.8. The number of aliphatic hydroxyl groups is 1. The molecule has 6 heteroatoms. The van der Waals surface area contributed by atoms with Gasteiger partial charge in [-0.15, -0.1) is 0 Å². The fourth-order valence-corrected chi connectivity index (χ4v) is 9.21. The molecular formula is C11H26O4Si2. The summed E-state index contributed by atoms with van der Waals surface area (Å²) >= 11 is 0. The van der Waals surface area contributed by atoms with Crippen LogP contribution in [-0.4, -0.2) is 40.5 Å². The molecule has 0 aromatic rings. The molecule has 17 heavy (non-hydrogen) atoms. The van der Waals surface area contributed by atoms with Crippen molar-refractivity contribution in [3.8, 4) is 0 Å². The maximum atomic E-state index is 11.2. The molecule has 0 aliphatic carbocycles. The van der Waals surface area contributed by atoms with Crippen LogP contribution < -0.4 is 0 Å². The van der Waals surface area contributed by atoms with Crippen molar-refractivity contribution < 1.29 is 18.4 Å². The molecule has 0 aliphatic rings. The lowest BCUT2D eigenvalue weighted by atomic mass is 10.0. The van der Waals surface area contributed by atoms with Crippen molar-refractivity contribution >= 4 is 23.2 Å². The van der Waals surface area contributed by atoms with Gasteiger partial charge in [0.2, 0.25) is 0 Å². The van der Waals surface area contributed by atoms with Crippen LogP contribution >= 0.6 is 0 Å². The summed E-state index contributed by atoms with van der Waals surface area (Å²) in [6, 6.07) is 0. The van der Waals surface area contributed by atoms with Gasteiger partial charge in [0.15, 0.2) is 14.6 Å². The van der Waals surface area contributed by atoms with E-state index in [9.17, 15) is 9.90 Å². The van der Waals surface area contributed by atoms with E-state index in [4.69, 9.17) is 8.54 Å². The van der Waals surface area contributed by atoms with Crippen molar-refractivity contribution in [2.45, 2.75) is 58.1 Å². The second-order valence-corrected chi connectivity index (χ2v) is 13.9. The third kappa shape index (κ3) is 6.47. The monoisotopic (exact) mass is 278 g/mol. The molecule has 0 aliphatic heterocycles. The van der Waals surface area contributed by atoms with E-state index in [1.807, 2.05) is 20.0 Å². The number of carbonyl (C=O) groups excluding carboxylic acids is 1. The molecule has 102 valence electrons. The topological polar surface area (TPSA) is 55.8 Å². The average molecular weight is 278 g/mol. The van der Waals surface area contributed by atoms with Crippen LogP contribution in [0, 0.1) is 0 Å². The molecule has 0 rings (SSSR count). The van der Waals surface area contributed by atoms with Gasteiger partial charge in [0.1, 0.15) is 5.60 Å². The van der Waals surface area contributed by atoms with Gasteiger partial charge < -0.3 is 18.4 Å². The van der Waals surface area contributed by atoms with E-state index >= 15 is 0 Å². The molecular weight excluding hydrogens is 252 g/mol. The number of rotatable bonds is 8. The van der Waals surface area contributed by atoms with Gasteiger partial charge in [0.25, 0.3) is 0 Å². The largest absolute Gasteiger partial charge is 0.436 e. The Balaban J connectivity index is 4.79. The van der Waals surface area contributed by atoms with E-state index in [0.717, 1.165) is 12.7 Å². The van der Waals surface area contributed by atoms with Gasteiger partial charge in [-0.25, -0.2) is 0 Å². The average Bonchev–Trinajstić information content (AvgIpc) is 2.12. The molecule has 0 fully saturated rings. The maximum absolute atomic E-state index is 11.2. The number of hydrogen-bond donors (Lipinski definition) is 1. The Bertz CT molecular complexity index is 250. The Labute approximate surface area is 107 Å². The molecule has 1 atom stereocenters. The fourth-order valence-electron chi connectivity index (χ4n) is 1.95. The van der Waals surface area contributed by atoms with Crippen molar-refractivity contribution in [1.82, 2.24) is 0 Å². The molecule has 1 unspecified atom stereocenters. The summed E-state index contributed by atoms with van der Waals surface area (Å²) < 4.78 is 11.9. The summed E-state index contributed by atoms with van der Waals surface area (Å²) in [6.07, 6.45) is 2.04. The Morgan fingerprint density at radius 3 is 2.06 bits per heavy atom. The summed E-state index contributed by atoms with van der Waals surface area (Å²) in [4.78, 5) is 11.2. The standard InChI is InChI=1S/C11H26O4Si2/c1-7-8-11(9-12,10-13)14-17(5,6)15-16(2,3)4/h9,13H,7-8,10H2,1-6H3. The molecule has 0 bridgehead atoms. The number of aldehydes is 1. The van der Waals surface area contributed by atoms with E-state index in [1.165, 1.54) is 0 Å². The first-order valence-electron chi connectivity index (χ1n) is 6.07.